The molecule has 1 amide bonds. The maximum Gasteiger partial charge on any atom is 0.222 e. The van der Waals surface area contributed by atoms with E-state index >= 15 is 0 Å². The van der Waals surface area contributed by atoms with E-state index in [4.69, 9.17) is 0 Å². The Morgan fingerprint density at radius 1 is 1.11 bits per heavy atom. The van der Waals surface area contributed by atoms with Crippen LogP contribution in [-0.4, -0.2) is 37.0 Å². The van der Waals surface area contributed by atoms with Crippen molar-refractivity contribution in [3.8, 4) is 0 Å². The molecule has 0 unspecified atom stereocenters. The zero-order valence-electron chi connectivity index (χ0n) is 12.5. The van der Waals surface area contributed by atoms with Crippen molar-refractivity contribution >= 4 is 5.91 Å². The van der Waals surface area contributed by atoms with Gasteiger partial charge in [-0.15, -0.1) is 0 Å². The molecular weight excluding hydrogens is 224 g/mol. The summed E-state index contributed by atoms with van der Waals surface area (Å²) in [5.74, 6) is 2.08. The van der Waals surface area contributed by atoms with Gasteiger partial charge in [-0.2, -0.15) is 0 Å². The lowest BCUT2D eigenvalue weighted by molar-refractivity contribution is -0.133. The lowest BCUT2D eigenvalue weighted by Crippen LogP contribution is -2.39. The second-order valence-corrected chi connectivity index (χ2v) is 6.48. The molecule has 3 heteroatoms. The molecule has 18 heavy (non-hydrogen) atoms. The fourth-order valence-electron chi connectivity index (χ4n) is 2.62. The first-order valence-electron chi connectivity index (χ1n) is 7.47. The SMILES string of the molecule is CC(C)CN(CC(C)C)C(=O)CC1CCNCC1. The number of amides is 1. The highest BCUT2D eigenvalue weighted by molar-refractivity contribution is 5.76. The van der Waals surface area contributed by atoms with Crippen LogP contribution in [0.25, 0.3) is 0 Å². The van der Waals surface area contributed by atoms with E-state index in [0.717, 1.165) is 45.4 Å². The average molecular weight is 254 g/mol. The summed E-state index contributed by atoms with van der Waals surface area (Å²) in [6, 6.07) is 0. The van der Waals surface area contributed by atoms with Crippen molar-refractivity contribution in [2.24, 2.45) is 17.8 Å². The number of hydrogen-bond acceptors (Lipinski definition) is 2. The summed E-state index contributed by atoms with van der Waals surface area (Å²) in [7, 11) is 0. The van der Waals surface area contributed by atoms with Crippen molar-refractivity contribution < 1.29 is 4.79 Å². The number of nitrogens with zero attached hydrogens (tertiary/aromatic N) is 1. The normalized spacial score (nSPS) is 17.4. The van der Waals surface area contributed by atoms with Crippen molar-refractivity contribution in [3.63, 3.8) is 0 Å². The van der Waals surface area contributed by atoms with Crippen LogP contribution < -0.4 is 5.32 Å². The van der Waals surface area contributed by atoms with Crippen LogP contribution in [0, 0.1) is 17.8 Å². The minimum atomic E-state index is 0.365. The average Bonchev–Trinajstić information content (AvgIpc) is 2.28. The standard InChI is InChI=1S/C15H30N2O/c1-12(2)10-17(11-13(3)4)15(18)9-14-5-7-16-8-6-14/h12-14,16H,5-11H2,1-4H3. The fraction of sp³-hybridized carbons (Fsp3) is 0.933. The van der Waals surface area contributed by atoms with Gasteiger partial charge in [-0.05, 0) is 43.7 Å². The van der Waals surface area contributed by atoms with Gasteiger partial charge in [0.25, 0.3) is 0 Å². The molecule has 0 aromatic carbocycles. The largest absolute Gasteiger partial charge is 0.342 e. The molecule has 1 heterocycles. The fourth-order valence-corrected chi connectivity index (χ4v) is 2.62. The van der Waals surface area contributed by atoms with Gasteiger partial charge in [0.2, 0.25) is 5.91 Å². The highest BCUT2D eigenvalue weighted by Crippen LogP contribution is 2.18. The third-order valence-electron chi connectivity index (χ3n) is 3.45. The van der Waals surface area contributed by atoms with Crippen LogP contribution in [0.1, 0.15) is 47.0 Å². The molecule has 1 aliphatic rings. The number of carbonyl (C=O) groups excluding carboxylic acids is 1. The van der Waals surface area contributed by atoms with Crippen LogP contribution in [0.3, 0.4) is 0 Å². The zero-order chi connectivity index (χ0) is 13.5. The van der Waals surface area contributed by atoms with E-state index in [1.165, 1.54) is 0 Å². The van der Waals surface area contributed by atoms with Crippen LogP contribution in [0.4, 0.5) is 0 Å². The molecule has 106 valence electrons. The third-order valence-corrected chi connectivity index (χ3v) is 3.45. The van der Waals surface area contributed by atoms with Crippen molar-refractivity contribution in [1.29, 1.82) is 0 Å². The first-order chi connectivity index (χ1) is 8.49. The maximum atomic E-state index is 12.4. The third kappa shape index (κ3) is 5.85. The molecule has 1 saturated heterocycles. The molecule has 0 bridgehead atoms. The highest BCUT2D eigenvalue weighted by Gasteiger charge is 2.21. The summed E-state index contributed by atoms with van der Waals surface area (Å²) < 4.78 is 0. The molecule has 1 fully saturated rings. The molecule has 1 N–H and O–H groups in total. The van der Waals surface area contributed by atoms with Gasteiger partial charge in [0.05, 0.1) is 0 Å². The van der Waals surface area contributed by atoms with Gasteiger partial charge < -0.3 is 10.2 Å². The first kappa shape index (κ1) is 15.5. The van der Waals surface area contributed by atoms with Crippen molar-refractivity contribution in [3.05, 3.63) is 0 Å². The summed E-state index contributed by atoms with van der Waals surface area (Å²) in [6.07, 6.45) is 3.06. The van der Waals surface area contributed by atoms with Crippen LogP contribution in [0.2, 0.25) is 0 Å². The number of piperidine rings is 1. The smallest absolute Gasteiger partial charge is 0.222 e. The predicted molar refractivity (Wildman–Crippen MR) is 76.5 cm³/mol. The Kier molecular flexibility index (Phi) is 6.69. The van der Waals surface area contributed by atoms with Gasteiger partial charge in [0.1, 0.15) is 0 Å². The minimum absolute atomic E-state index is 0.365. The van der Waals surface area contributed by atoms with E-state index in [1.54, 1.807) is 0 Å². The van der Waals surface area contributed by atoms with E-state index in [0.29, 0.717) is 23.7 Å². The van der Waals surface area contributed by atoms with Crippen LogP contribution >= 0.6 is 0 Å². The van der Waals surface area contributed by atoms with Crippen molar-refractivity contribution in [2.75, 3.05) is 26.2 Å². The Morgan fingerprint density at radius 2 is 1.61 bits per heavy atom. The lowest BCUT2D eigenvalue weighted by atomic mass is 9.94. The highest BCUT2D eigenvalue weighted by atomic mass is 16.2. The molecular formula is C15H30N2O. The Hall–Kier alpha value is -0.570. The Labute approximate surface area is 112 Å². The Bertz CT molecular complexity index is 235. The number of carbonyl (C=O) groups is 1. The Morgan fingerprint density at radius 3 is 2.06 bits per heavy atom. The van der Waals surface area contributed by atoms with Crippen molar-refractivity contribution in [2.45, 2.75) is 47.0 Å². The molecule has 0 aliphatic carbocycles. The minimum Gasteiger partial charge on any atom is -0.342 e. The Balaban J connectivity index is 2.46. The van der Waals surface area contributed by atoms with Gasteiger partial charge >= 0.3 is 0 Å². The van der Waals surface area contributed by atoms with Crippen molar-refractivity contribution in [1.82, 2.24) is 10.2 Å². The lowest BCUT2D eigenvalue weighted by Gasteiger charge is -2.29. The summed E-state index contributed by atoms with van der Waals surface area (Å²) in [5, 5.41) is 3.36. The number of nitrogens with one attached hydrogen (secondary N) is 1. The molecule has 0 atom stereocenters. The monoisotopic (exact) mass is 254 g/mol. The second kappa shape index (κ2) is 7.78. The van der Waals surface area contributed by atoms with Gasteiger partial charge in [-0.25, -0.2) is 0 Å². The summed E-state index contributed by atoms with van der Waals surface area (Å²) >= 11 is 0. The summed E-state index contributed by atoms with van der Waals surface area (Å²) in [5.41, 5.74) is 0. The number of rotatable bonds is 6. The maximum absolute atomic E-state index is 12.4. The second-order valence-electron chi connectivity index (χ2n) is 6.48. The molecule has 1 rings (SSSR count). The molecule has 0 saturated carbocycles. The van der Waals surface area contributed by atoms with Crippen LogP contribution in [-0.2, 0) is 4.79 Å². The van der Waals surface area contributed by atoms with Gasteiger partial charge in [0, 0.05) is 19.5 Å². The van der Waals surface area contributed by atoms with E-state index in [2.05, 4.69) is 37.9 Å². The quantitative estimate of drug-likeness (QED) is 0.790. The topological polar surface area (TPSA) is 32.3 Å². The van der Waals surface area contributed by atoms with E-state index in [9.17, 15) is 4.79 Å². The molecule has 1 aliphatic heterocycles. The molecule has 0 spiro atoms. The number of hydrogen-bond donors (Lipinski definition) is 1. The summed E-state index contributed by atoms with van der Waals surface area (Å²) in [4.78, 5) is 14.5. The summed E-state index contributed by atoms with van der Waals surface area (Å²) in [6.45, 7) is 12.7. The van der Waals surface area contributed by atoms with E-state index in [1.807, 2.05) is 0 Å². The van der Waals surface area contributed by atoms with Gasteiger partial charge in [-0.3, -0.25) is 4.79 Å². The molecule has 3 nitrogen and oxygen atoms in total. The van der Waals surface area contributed by atoms with Crippen LogP contribution in [0.15, 0.2) is 0 Å². The predicted octanol–water partition coefficient (Wildman–Crippen LogP) is 2.52. The molecule has 0 aromatic rings. The van der Waals surface area contributed by atoms with Gasteiger partial charge in [0.15, 0.2) is 0 Å². The van der Waals surface area contributed by atoms with Crippen LogP contribution in [0.5, 0.6) is 0 Å². The van der Waals surface area contributed by atoms with E-state index < -0.39 is 0 Å². The van der Waals surface area contributed by atoms with Gasteiger partial charge in [-0.1, -0.05) is 27.7 Å². The zero-order valence-corrected chi connectivity index (χ0v) is 12.5. The molecule has 0 aromatic heterocycles. The first-order valence-corrected chi connectivity index (χ1v) is 7.47. The molecule has 0 radical (unpaired) electrons. The van der Waals surface area contributed by atoms with E-state index in [-0.39, 0.29) is 0 Å².